The van der Waals surface area contributed by atoms with Gasteiger partial charge in [-0.05, 0) is 54.9 Å². The number of aromatic nitrogens is 2. The highest BCUT2D eigenvalue weighted by Gasteiger charge is 2.50. The van der Waals surface area contributed by atoms with E-state index in [1.807, 2.05) is 30.3 Å². The first-order valence-electron chi connectivity index (χ1n) is 12.4. The van der Waals surface area contributed by atoms with Crippen LogP contribution in [0.2, 0.25) is 5.02 Å². The number of carbonyl (C=O) groups is 3. The number of nitrogens with zero attached hydrogens (tertiary/aromatic N) is 2. The van der Waals surface area contributed by atoms with Gasteiger partial charge in [0.25, 0.3) is 0 Å². The first-order valence-corrected chi connectivity index (χ1v) is 12.8. The summed E-state index contributed by atoms with van der Waals surface area (Å²) < 4.78 is 5.95. The van der Waals surface area contributed by atoms with Crippen molar-refractivity contribution in [3.05, 3.63) is 88.7 Å². The van der Waals surface area contributed by atoms with Crippen LogP contribution in [0, 0.1) is 0 Å². The number of halogens is 1. The lowest BCUT2D eigenvalue weighted by Gasteiger charge is -2.40. The van der Waals surface area contributed by atoms with Crippen LogP contribution in [0.25, 0.3) is 11.0 Å². The summed E-state index contributed by atoms with van der Waals surface area (Å²) >= 11 is 6.34. The summed E-state index contributed by atoms with van der Waals surface area (Å²) in [6.07, 6.45) is -1.11. The van der Waals surface area contributed by atoms with E-state index >= 15 is 0 Å². The van der Waals surface area contributed by atoms with Gasteiger partial charge in [-0.2, -0.15) is 0 Å². The molecule has 1 fully saturated rings. The molecule has 1 aromatic heterocycles. The van der Waals surface area contributed by atoms with Gasteiger partial charge < -0.3 is 20.1 Å². The zero-order chi connectivity index (χ0) is 27.1. The van der Waals surface area contributed by atoms with Gasteiger partial charge in [0.05, 0.1) is 16.7 Å². The highest BCUT2D eigenvalue weighted by atomic mass is 35.5. The highest BCUT2D eigenvalue weighted by molar-refractivity contribution is 6.31. The molecule has 198 valence electrons. The topological polar surface area (TPSA) is 137 Å². The number of benzene rings is 3. The van der Waals surface area contributed by atoms with Gasteiger partial charge in [0.1, 0.15) is 11.7 Å². The van der Waals surface area contributed by atoms with E-state index in [1.54, 1.807) is 36.4 Å². The molecule has 4 N–H and O–H groups in total. The van der Waals surface area contributed by atoms with Gasteiger partial charge >= 0.3 is 12.2 Å². The van der Waals surface area contributed by atoms with E-state index in [0.29, 0.717) is 58.3 Å². The molecular weight excluding hydrogens is 522 g/mol. The molecule has 0 radical (unpaired) electrons. The molecule has 6 rings (SSSR count). The van der Waals surface area contributed by atoms with E-state index < -0.39 is 29.6 Å². The standard InChI is InChI=1S/C28H24ClN5O5/c29-17-6-9-23-20(13-17)28(10-11-30-15-28)39-27(38)34(23)25(35)19(12-16-4-2-1-3-5-16)24-32-21-8-7-18(31-26(36)37)14-22(21)33-24/h1-9,13-14,19,30-31H,10-12,15H2,(H,32,33)(H,36,37). The van der Waals surface area contributed by atoms with Gasteiger partial charge in [-0.1, -0.05) is 41.9 Å². The van der Waals surface area contributed by atoms with Crippen LogP contribution < -0.4 is 15.5 Å². The Morgan fingerprint density at radius 3 is 2.72 bits per heavy atom. The predicted octanol–water partition coefficient (Wildman–Crippen LogP) is 5.00. The Labute approximate surface area is 227 Å². The van der Waals surface area contributed by atoms with E-state index in [0.717, 1.165) is 10.5 Å². The van der Waals surface area contributed by atoms with Crippen LogP contribution in [0.15, 0.2) is 66.7 Å². The van der Waals surface area contributed by atoms with Crippen molar-refractivity contribution < 1.29 is 24.2 Å². The molecule has 1 spiro atoms. The SMILES string of the molecule is O=C(O)Nc1ccc2nc(C(Cc3ccccc3)C(=O)N3C(=O)OC4(CCNC4)c4cc(Cl)ccc43)[nH]c2c1. The third kappa shape index (κ3) is 4.58. The van der Waals surface area contributed by atoms with Crippen LogP contribution in [-0.2, 0) is 21.6 Å². The van der Waals surface area contributed by atoms with Gasteiger partial charge in [0.2, 0.25) is 5.91 Å². The van der Waals surface area contributed by atoms with E-state index in [2.05, 4.69) is 20.6 Å². The normalized spacial score (nSPS) is 19.1. The molecule has 0 aliphatic carbocycles. The van der Waals surface area contributed by atoms with Crippen LogP contribution in [0.4, 0.5) is 21.0 Å². The second-order valence-electron chi connectivity index (χ2n) is 9.65. The summed E-state index contributed by atoms with van der Waals surface area (Å²) in [6, 6.07) is 19.4. The Morgan fingerprint density at radius 1 is 1.15 bits per heavy atom. The van der Waals surface area contributed by atoms with Crippen LogP contribution in [-0.4, -0.2) is 46.3 Å². The van der Waals surface area contributed by atoms with Crippen LogP contribution in [0.5, 0.6) is 0 Å². The Balaban J connectivity index is 1.43. The number of ether oxygens (including phenoxy) is 1. The Bertz CT molecular complexity index is 1600. The summed E-state index contributed by atoms with van der Waals surface area (Å²) in [7, 11) is 0. The predicted molar refractivity (Wildman–Crippen MR) is 145 cm³/mol. The number of imide groups is 1. The molecule has 4 aromatic rings. The van der Waals surface area contributed by atoms with Gasteiger partial charge in [0.15, 0.2) is 5.60 Å². The molecule has 0 saturated carbocycles. The Hall–Kier alpha value is -4.41. The first-order chi connectivity index (χ1) is 18.8. The van der Waals surface area contributed by atoms with Crippen molar-refractivity contribution in [3.63, 3.8) is 0 Å². The number of H-pyrrole nitrogens is 1. The molecule has 3 amide bonds. The van der Waals surface area contributed by atoms with Crippen LogP contribution in [0.1, 0.15) is 29.3 Å². The molecule has 3 aromatic carbocycles. The molecule has 2 unspecified atom stereocenters. The number of hydrogen-bond donors (Lipinski definition) is 4. The second kappa shape index (κ2) is 9.72. The van der Waals surface area contributed by atoms with Crippen molar-refractivity contribution in [1.29, 1.82) is 0 Å². The number of fused-ring (bicyclic) bond motifs is 3. The molecule has 2 atom stereocenters. The number of anilines is 2. The highest BCUT2D eigenvalue weighted by Crippen LogP contribution is 2.45. The zero-order valence-corrected chi connectivity index (χ0v) is 21.4. The molecular formula is C28H24ClN5O5. The molecule has 0 bridgehead atoms. The molecule has 39 heavy (non-hydrogen) atoms. The minimum atomic E-state index is -1.19. The molecule has 11 heteroatoms. The largest absolute Gasteiger partial charge is 0.465 e. The maximum absolute atomic E-state index is 14.3. The lowest BCUT2D eigenvalue weighted by Crippen LogP contribution is -2.51. The first kappa shape index (κ1) is 24.9. The van der Waals surface area contributed by atoms with Crippen molar-refractivity contribution in [2.45, 2.75) is 24.4 Å². The van der Waals surface area contributed by atoms with E-state index in [9.17, 15) is 14.4 Å². The average molecular weight is 546 g/mol. The van der Waals surface area contributed by atoms with Crippen molar-refractivity contribution in [2.75, 3.05) is 23.3 Å². The monoisotopic (exact) mass is 545 g/mol. The third-order valence-electron chi connectivity index (χ3n) is 7.15. The van der Waals surface area contributed by atoms with Crippen molar-refractivity contribution in [1.82, 2.24) is 15.3 Å². The average Bonchev–Trinajstić information content (AvgIpc) is 3.55. The molecule has 2 aliphatic rings. The summed E-state index contributed by atoms with van der Waals surface area (Å²) in [6.45, 7) is 1.10. The summed E-state index contributed by atoms with van der Waals surface area (Å²) in [5.41, 5.74) is 2.56. The minimum absolute atomic E-state index is 0.263. The summed E-state index contributed by atoms with van der Waals surface area (Å²) in [5, 5.41) is 15.1. The van der Waals surface area contributed by atoms with E-state index in [4.69, 9.17) is 21.4 Å². The van der Waals surface area contributed by atoms with E-state index in [-0.39, 0.29) is 6.42 Å². The Kier molecular flexibility index (Phi) is 6.20. The fourth-order valence-electron chi connectivity index (χ4n) is 5.33. The number of aromatic amines is 1. The minimum Gasteiger partial charge on any atom is -0.465 e. The zero-order valence-electron chi connectivity index (χ0n) is 20.6. The van der Waals surface area contributed by atoms with Crippen LogP contribution in [0.3, 0.4) is 0 Å². The molecule has 3 heterocycles. The Morgan fingerprint density at radius 2 is 1.97 bits per heavy atom. The van der Waals surface area contributed by atoms with Gasteiger partial charge in [-0.3, -0.25) is 10.1 Å². The van der Waals surface area contributed by atoms with Gasteiger partial charge in [-0.25, -0.2) is 19.5 Å². The number of imidazole rings is 1. The summed E-state index contributed by atoms with van der Waals surface area (Å²) in [4.78, 5) is 47.7. The number of carboxylic acid groups (broad SMARTS) is 1. The fourth-order valence-corrected chi connectivity index (χ4v) is 5.50. The van der Waals surface area contributed by atoms with Crippen molar-refractivity contribution in [2.24, 2.45) is 0 Å². The fraction of sp³-hybridized carbons (Fsp3) is 0.214. The number of carbonyl (C=O) groups excluding carboxylic acids is 2. The third-order valence-corrected chi connectivity index (χ3v) is 7.39. The molecule has 2 aliphatic heterocycles. The smallest absolute Gasteiger partial charge is 0.422 e. The van der Waals surface area contributed by atoms with Crippen molar-refractivity contribution in [3.8, 4) is 0 Å². The van der Waals surface area contributed by atoms with E-state index in [1.165, 1.54) is 0 Å². The summed E-state index contributed by atoms with van der Waals surface area (Å²) in [5.74, 6) is -1.03. The van der Waals surface area contributed by atoms with Gasteiger partial charge in [0, 0.05) is 29.2 Å². The van der Waals surface area contributed by atoms with Gasteiger partial charge in [-0.15, -0.1) is 0 Å². The lowest BCUT2D eigenvalue weighted by atomic mass is 9.88. The van der Waals surface area contributed by atoms with Crippen molar-refractivity contribution >= 4 is 52.1 Å². The number of amides is 3. The number of nitrogens with one attached hydrogen (secondary N) is 3. The number of rotatable bonds is 5. The second-order valence-corrected chi connectivity index (χ2v) is 10.1. The maximum atomic E-state index is 14.3. The molecule has 1 saturated heterocycles. The maximum Gasteiger partial charge on any atom is 0.422 e. The molecule has 10 nitrogen and oxygen atoms in total. The van der Waals surface area contributed by atoms with Crippen LogP contribution >= 0.6 is 11.6 Å². The lowest BCUT2D eigenvalue weighted by molar-refractivity contribution is -0.120. The number of hydrogen-bond acceptors (Lipinski definition) is 6. The quantitative estimate of drug-likeness (QED) is 0.277.